The number of hydrogen-bond donors (Lipinski definition) is 0. The third kappa shape index (κ3) is 2.90. The van der Waals surface area contributed by atoms with E-state index in [-0.39, 0.29) is 0 Å². The molecule has 0 unspecified atom stereocenters. The van der Waals surface area contributed by atoms with Gasteiger partial charge in [-0.2, -0.15) is 0 Å². The standard InChI is InChI=1S/C38H22N4O/c1-2-11-23(12-3-1)41-27-16-7-4-13-24(27)33-35-36(40-22-21-39-35)34-25-14-5-8-17-28(25)42(38(34)37(33)41)29-18-10-20-31-32(29)26-15-6-9-19-30(26)43-31/h1-22H. The average molecular weight is 551 g/mol. The van der Waals surface area contributed by atoms with Gasteiger partial charge in [0.1, 0.15) is 11.2 Å². The fourth-order valence-electron chi connectivity index (χ4n) is 7.15. The molecule has 10 rings (SSSR count). The molecule has 0 atom stereocenters. The number of aromatic nitrogens is 4. The minimum atomic E-state index is 0.866. The quantitative estimate of drug-likeness (QED) is 0.215. The second-order valence-corrected chi connectivity index (χ2v) is 11.0. The van der Waals surface area contributed by atoms with Crippen LogP contribution >= 0.6 is 0 Å². The third-order valence-electron chi connectivity index (χ3n) is 8.78. The van der Waals surface area contributed by atoms with Crippen molar-refractivity contribution in [3.8, 4) is 11.4 Å². The van der Waals surface area contributed by atoms with E-state index in [1.54, 1.807) is 12.4 Å². The summed E-state index contributed by atoms with van der Waals surface area (Å²) in [7, 11) is 0. The van der Waals surface area contributed by atoms with E-state index in [0.717, 1.165) is 88.0 Å². The average Bonchev–Trinajstić information content (AvgIpc) is 3.73. The minimum absolute atomic E-state index is 0.866. The Morgan fingerprint density at radius 1 is 0.442 bits per heavy atom. The molecular weight excluding hydrogens is 528 g/mol. The van der Waals surface area contributed by atoms with Crippen LogP contribution in [0.2, 0.25) is 0 Å². The maximum atomic E-state index is 6.37. The SMILES string of the molecule is c1ccc(-n2c3ccccc3c3c4nccnc4c4c5ccccc5n(-c5cccc6oc7ccccc7c56)c4c32)cc1. The molecule has 0 fully saturated rings. The van der Waals surface area contributed by atoms with E-state index >= 15 is 0 Å². The van der Waals surface area contributed by atoms with Crippen molar-refractivity contribution in [3.63, 3.8) is 0 Å². The van der Waals surface area contributed by atoms with Gasteiger partial charge in [0.25, 0.3) is 0 Å². The van der Waals surface area contributed by atoms with E-state index < -0.39 is 0 Å². The molecule has 0 saturated heterocycles. The van der Waals surface area contributed by atoms with Gasteiger partial charge >= 0.3 is 0 Å². The smallest absolute Gasteiger partial charge is 0.137 e. The van der Waals surface area contributed by atoms with Crippen LogP contribution in [0.5, 0.6) is 0 Å². The molecule has 0 saturated carbocycles. The van der Waals surface area contributed by atoms with Crippen LogP contribution in [0.3, 0.4) is 0 Å². The molecule has 4 heterocycles. The lowest BCUT2D eigenvalue weighted by Gasteiger charge is -2.14. The summed E-state index contributed by atoms with van der Waals surface area (Å²) in [4.78, 5) is 9.99. The lowest BCUT2D eigenvalue weighted by molar-refractivity contribution is 0.669. The summed E-state index contributed by atoms with van der Waals surface area (Å²) in [5, 5.41) is 6.67. The number of benzene rings is 6. The first-order valence-corrected chi connectivity index (χ1v) is 14.4. The molecule has 0 spiro atoms. The Morgan fingerprint density at radius 3 is 1.72 bits per heavy atom. The second kappa shape index (κ2) is 8.30. The lowest BCUT2D eigenvalue weighted by atomic mass is 10.1. The van der Waals surface area contributed by atoms with Gasteiger partial charge in [-0.3, -0.25) is 9.97 Å². The highest BCUT2D eigenvalue weighted by atomic mass is 16.3. The van der Waals surface area contributed by atoms with E-state index in [9.17, 15) is 0 Å². The molecule has 43 heavy (non-hydrogen) atoms. The van der Waals surface area contributed by atoms with Gasteiger partial charge in [-0.1, -0.05) is 78.9 Å². The van der Waals surface area contributed by atoms with E-state index in [1.165, 1.54) is 0 Å². The Hall–Kier alpha value is -5.94. The fourth-order valence-corrected chi connectivity index (χ4v) is 7.15. The Labute approximate surface area is 244 Å². The van der Waals surface area contributed by atoms with Crippen LogP contribution in [-0.4, -0.2) is 19.1 Å². The zero-order chi connectivity index (χ0) is 28.1. The molecule has 5 nitrogen and oxygen atoms in total. The molecule has 4 aromatic heterocycles. The van der Waals surface area contributed by atoms with Crippen LogP contribution in [-0.2, 0) is 0 Å². The Balaban J connectivity index is 1.57. The van der Waals surface area contributed by atoms with E-state index in [2.05, 4.69) is 118 Å². The first kappa shape index (κ1) is 22.7. The summed E-state index contributed by atoms with van der Waals surface area (Å²) in [6.07, 6.45) is 3.61. The zero-order valence-corrected chi connectivity index (χ0v) is 22.9. The van der Waals surface area contributed by atoms with Crippen molar-refractivity contribution in [3.05, 3.63) is 134 Å². The van der Waals surface area contributed by atoms with Crippen LogP contribution in [0, 0.1) is 0 Å². The van der Waals surface area contributed by atoms with Crippen LogP contribution in [0.1, 0.15) is 0 Å². The predicted molar refractivity (Wildman–Crippen MR) is 175 cm³/mol. The number of rotatable bonds is 2. The summed E-state index contributed by atoms with van der Waals surface area (Å²) >= 11 is 0. The van der Waals surface area contributed by atoms with E-state index in [1.807, 2.05) is 12.1 Å². The number of nitrogens with zero attached hydrogens (tertiary/aromatic N) is 4. The maximum absolute atomic E-state index is 6.37. The number of para-hydroxylation sites is 4. The van der Waals surface area contributed by atoms with Gasteiger partial charge in [0, 0.05) is 45.0 Å². The lowest BCUT2D eigenvalue weighted by Crippen LogP contribution is -2.00. The molecule has 0 aliphatic carbocycles. The molecule has 0 bridgehead atoms. The van der Waals surface area contributed by atoms with Crippen LogP contribution in [0.4, 0.5) is 0 Å². The largest absolute Gasteiger partial charge is 0.456 e. The summed E-state index contributed by atoms with van der Waals surface area (Å²) in [5.41, 5.74) is 10.2. The van der Waals surface area contributed by atoms with Gasteiger partial charge in [-0.25, -0.2) is 0 Å². The van der Waals surface area contributed by atoms with Crippen LogP contribution < -0.4 is 0 Å². The summed E-state index contributed by atoms with van der Waals surface area (Å²) in [6, 6.07) is 42.5. The summed E-state index contributed by atoms with van der Waals surface area (Å²) in [5.74, 6) is 0. The fraction of sp³-hybridized carbons (Fsp3) is 0. The van der Waals surface area contributed by atoms with Crippen molar-refractivity contribution in [2.75, 3.05) is 0 Å². The molecule has 200 valence electrons. The van der Waals surface area contributed by atoms with E-state index in [4.69, 9.17) is 14.4 Å². The predicted octanol–water partition coefficient (Wildman–Crippen LogP) is 9.72. The number of fused-ring (bicyclic) bond motifs is 13. The molecule has 0 aliphatic heterocycles. The molecule has 0 N–H and O–H groups in total. The van der Waals surface area contributed by atoms with Crippen LogP contribution in [0.25, 0.3) is 88.0 Å². The first-order valence-electron chi connectivity index (χ1n) is 14.4. The highest BCUT2D eigenvalue weighted by Gasteiger charge is 2.26. The van der Waals surface area contributed by atoms with E-state index in [0.29, 0.717) is 0 Å². The molecule has 0 amide bonds. The van der Waals surface area contributed by atoms with Gasteiger partial charge in [0.2, 0.25) is 0 Å². The zero-order valence-electron chi connectivity index (χ0n) is 22.9. The van der Waals surface area contributed by atoms with Gasteiger partial charge in [-0.05, 0) is 42.5 Å². The Kier molecular flexibility index (Phi) is 4.39. The molecular formula is C38H22N4O. The molecule has 10 aromatic rings. The highest BCUT2D eigenvalue weighted by molar-refractivity contribution is 6.35. The number of hydrogen-bond acceptors (Lipinski definition) is 3. The Bertz CT molecular complexity index is 2730. The van der Waals surface area contributed by atoms with Crippen molar-refractivity contribution in [2.45, 2.75) is 0 Å². The topological polar surface area (TPSA) is 48.8 Å². The van der Waals surface area contributed by atoms with Gasteiger partial charge in [-0.15, -0.1) is 0 Å². The molecule has 0 radical (unpaired) electrons. The van der Waals surface area contributed by atoms with Crippen LogP contribution in [0.15, 0.2) is 138 Å². The molecule has 0 aliphatic rings. The minimum Gasteiger partial charge on any atom is -0.456 e. The highest BCUT2D eigenvalue weighted by Crippen LogP contribution is 2.46. The Morgan fingerprint density at radius 2 is 1.00 bits per heavy atom. The van der Waals surface area contributed by atoms with Crippen molar-refractivity contribution in [1.29, 1.82) is 0 Å². The van der Waals surface area contributed by atoms with Gasteiger partial charge < -0.3 is 13.6 Å². The second-order valence-electron chi connectivity index (χ2n) is 11.0. The maximum Gasteiger partial charge on any atom is 0.137 e. The third-order valence-corrected chi connectivity index (χ3v) is 8.78. The van der Waals surface area contributed by atoms with Crippen molar-refractivity contribution in [2.24, 2.45) is 0 Å². The van der Waals surface area contributed by atoms with Crippen molar-refractivity contribution >= 4 is 76.6 Å². The van der Waals surface area contributed by atoms with Gasteiger partial charge in [0.15, 0.2) is 0 Å². The normalized spacial score (nSPS) is 12.2. The molecule has 5 heteroatoms. The first-order chi connectivity index (χ1) is 21.4. The van der Waals surface area contributed by atoms with Gasteiger partial charge in [0.05, 0.1) is 44.2 Å². The molecule has 6 aromatic carbocycles. The van der Waals surface area contributed by atoms with Crippen molar-refractivity contribution in [1.82, 2.24) is 19.1 Å². The summed E-state index contributed by atoms with van der Waals surface area (Å²) in [6.45, 7) is 0. The van der Waals surface area contributed by atoms with Crippen molar-refractivity contribution < 1.29 is 4.42 Å². The number of furan rings is 1. The summed E-state index contributed by atoms with van der Waals surface area (Å²) < 4.78 is 11.2. The monoisotopic (exact) mass is 550 g/mol.